The van der Waals surface area contributed by atoms with Gasteiger partial charge in [0, 0.05) is 3.58 Å². The number of rotatable bonds is 2. The van der Waals surface area contributed by atoms with Gasteiger partial charge in [-0.1, -0.05) is 0 Å². The normalized spacial score (nSPS) is 12.1. The molecular weight excluding hydrogens is 207 g/mol. The Morgan fingerprint density at radius 1 is 1.57 bits per heavy atom. The molecule has 0 bridgehead atoms. The third kappa shape index (κ3) is 4.24. The fourth-order valence-electron chi connectivity index (χ4n) is 0.164. The molecule has 0 aromatic rings. The SMILES string of the molecule is OC/C=C(/I)CO. The van der Waals surface area contributed by atoms with Gasteiger partial charge < -0.3 is 10.2 Å². The molecule has 0 unspecified atom stereocenters. The molecule has 0 aromatic heterocycles. The Kier molecular flexibility index (Phi) is 4.80. The van der Waals surface area contributed by atoms with Crippen LogP contribution in [0.5, 0.6) is 0 Å². The monoisotopic (exact) mass is 214 g/mol. The number of aliphatic hydroxyl groups is 2. The van der Waals surface area contributed by atoms with E-state index in [4.69, 9.17) is 10.2 Å². The van der Waals surface area contributed by atoms with Gasteiger partial charge in [-0.05, 0) is 28.7 Å². The largest absolute Gasteiger partial charge is 0.392 e. The average Bonchev–Trinajstić information content (AvgIpc) is 1.68. The van der Waals surface area contributed by atoms with Gasteiger partial charge in [-0.2, -0.15) is 0 Å². The second-order valence-electron chi connectivity index (χ2n) is 0.992. The molecular formula is C4H7IO2. The van der Waals surface area contributed by atoms with Crippen LogP contribution >= 0.6 is 22.6 Å². The van der Waals surface area contributed by atoms with E-state index in [2.05, 4.69) is 0 Å². The van der Waals surface area contributed by atoms with Crippen LogP contribution in [0.2, 0.25) is 0 Å². The quantitative estimate of drug-likeness (QED) is 0.648. The summed E-state index contributed by atoms with van der Waals surface area (Å²) in [5.41, 5.74) is 0. The molecule has 0 spiro atoms. The minimum absolute atomic E-state index is 0.0127. The average molecular weight is 214 g/mol. The van der Waals surface area contributed by atoms with Crippen molar-refractivity contribution in [2.45, 2.75) is 0 Å². The van der Waals surface area contributed by atoms with Gasteiger partial charge in [-0.15, -0.1) is 0 Å². The summed E-state index contributed by atoms with van der Waals surface area (Å²) in [6.07, 6.45) is 1.56. The highest BCUT2D eigenvalue weighted by atomic mass is 127. The Hall–Kier alpha value is 0.390. The summed E-state index contributed by atoms with van der Waals surface area (Å²) < 4.78 is 0.778. The maximum atomic E-state index is 8.28. The predicted molar refractivity (Wildman–Crippen MR) is 36.3 cm³/mol. The molecule has 0 radical (unpaired) electrons. The number of hydrogen-bond acceptors (Lipinski definition) is 2. The van der Waals surface area contributed by atoms with E-state index in [0.717, 1.165) is 3.58 Å². The molecule has 0 saturated carbocycles. The molecule has 2 nitrogen and oxygen atoms in total. The van der Waals surface area contributed by atoms with E-state index in [1.54, 1.807) is 6.08 Å². The first-order valence-electron chi connectivity index (χ1n) is 1.87. The van der Waals surface area contributed by atoms with Crippen LogP contribution < -0.4 is 0 Å². The molecule has 3 heteroatoms. The summed E-state index contributed by atoms with van der Waals surface area (Å²) in [7, 11) is 0. The number of aliphatic hydroxyl groups excluding tert-OH is 2. The third-order valence-electron chi connectivity index (χ3n) is 0.464. The first-order valence-corrected chi connectivity index (χ1v) is 2.95. The maximum Gasteiger partial charge on any atom is 0.0736 e. The molecule has 0 aliphatic carbocycles. The molecule has 0 heterocycles. The van der Waals surface area contributed by atoms with Crippen molar-refractivity contribution in [1.29, 1.82) is 0 Å². The van der Waals surface area contributed by atoms with Gasteiger partial charge in [0.1, 0.15) is 0 Å². The summed E-state index contributed by atoms with van der Waals surface area (Å²) in [6.45, 7) is 0.0416. The van der Waals surface area contributed by atoms with Crippen LogP contribution in [0.4, 0.5) is 0 Å². The fraction of sp³-hybridized carbons (Fsp3) is 0.500. The fourth-order valence-corrected chi connectivity index (χ4v) is 0.361. The number of hydrogen-bond donors (Lipinski definition) is 2. The minimum Gasteiger partial charge on any atom is -0.392 e. The molecule has 0 fully saturated rings. The summed E-state index contributed by atoms with van der Waals surface area (Å²) in [5.74, 6) is 0. The second-order valence-corrected chi connectivity index (χ2v) is 2.38. The lowest BCUT2D eigenvalue weighted by Gasteiger charge is -1.85. The molecule has 2 N–H and O–H groups in total. The first-order chi connectivity index (χ1) is 3.31. The molecule has 0 rings (SSSR count). The second kappa shape index (κ2) is 4.55. The zero-order chi connectivity index (χ0) is 5.70. The van der Waals surface area contributed by atoms with Crippen LogP contribution in [-0.2, 0) is 0 Å². The Labute approximate surface area is 56.0 Å². The van der Waals surface area contributed by atoms with Crippen LogP contribution in [0, 0.1) is 0 Å². The summed E-state index contributed by atoms with van der Waals surface area (Å²) in [5, 5.41) is 16.5. The third-order valence-corrected chi connectivity index (χ3v) is 1.25. The van der Waals surface area contributed by atoms with Gasteiger partial charge >= 0.3 is 0 Å². The van der Waals surface area contributed by atoms with Crippen molar-refractivity contribution in [2.24, 2.45) is 0 Å². The van der Waals surface area contributed by atoms with E-state index >= 15 is 0 Å². The molecule has 0 amide bonds. The van der Waals surface area contributed by atoms with Crippen molar-refractivity contribution in [3.05, 3.63) is 9.66 Å². The van der Waals surface area contributed by atoms with Crippen molar-refractivity contribution in [2.75, 3.05) is 13.2 Å². The summed E-state index contributed by atoms with van der Waals surface area (Å²) >= 11 is 1.96. The van der Waals surface area contributed by atoms with Crippen molar-refractivity contribution in [1.82, 2.24) is 0 Å². The molecule has 0 aliphatic heterocycles. The van der Waals surface area contributed by atoms with Crippen molar-refractivity contribution < 1.29 is 10.2 Å². The molecule has 0 atom stereocenters. The van der Waals surface area contributed by atoms with Crippen molar-refractivity contribution >= 4 is 22.6 Å². The smallest absolute Gasteiger partial charge is 0.0736 e. The Bertz CT molecular complexity index is 70.1. The van der Waals surface area contributed by atoms with Crippen LogP contribution in [0.25, 0.3) is 0 Å². The Morgan fingerprint density at radius 3 is 2.29 bits per heavy atom. The highest BCUT2D eigenvalue weighted by molar-refractivity contribution is 14.1. The van der Waals surface area contributed by atoms with Gasteiger partial charge in [-0.25, -0.2) is 0 Å². The Morgan fingerprint density at radius 2 is 2.14 bits per heavy atom. The lowest BCUT2D eigenvalue weighted by Crippen LogP contribution is -1.81. The van der Waals surface area contributed by atoms with Crippen LogP contribution in [0.3, 0.4) is 0 Å². The van der Waals surface area contributed by atoms with Crippen LogP contribution in [0.15, 0.2) is 9.66 Å². The molecule has 0 aliphatic rings. The van der Waals surface area contributed by atoms with E-state index in [-0.39, 0.29) is 13.2 Å². The molecule has 7 heavy (non-hydrogen) atoms. The topological polar surface area (TPSA) is 40.5 Å². The highest BCUT2D eigenvalue weighted by Gasteiger charge is 1.81. The zero-order valence-corrected chi connectivity index (χ0v) is 5.92. The highest BCUT2D eigenvalue weighted by Crippen LogP contribution is 2.01. The van der Waals surface area contributed by atoms with Crippen molar-refractivity contribution in [3.8, 4) is 0 Å². The van der Waals surface area contributed by atoms with E-state index in [0.29, 0.717) is 0 Å². The lowest BCUT2D eigenvalue weighted by atomic mass is 10.5. The van der Waals surface area contributed by atoms with Crippen LogP contribution in [-0.4, -0.2) is 23.4 Å². The Balaban J connectivity index is 3.29. The lowest BCUT2D eigenvalue weighted by molar-refractivity contribution is 0.328. The van der Waals surface area contributed by atoms with E-state index in [1.807, 2.05) is 22.6 Å². The molecule has 0 aromatic carbocycles. The maximum absolute atomic E-state index is 8.28. The predicted octanol–water partition coefficient (Wildman–Crippen LogP) is 0.290. The number of halogens is 1. The minimum atomic E-state index is 0.0127. The van der Waals surface area contributed by atoms with Gasteiger partial charge in [-0.3, -0.25) is 0 Å². The first kappa shape index (κ1) is 7.39. The molecule has 42 valence electrons. The van der Waals surface area contributed by atoms with Crippen LogP contribution in [0.1, 0.15) is 0 Å². The van der Waals surface area contributed by atoms with Gasteiger partial charge in [0.05, 0.1) is 13.2 Å². The van der Waals surface area contributed by atoms with Gasteiger partial charge in [0.25, 0.3) is 0 Å². The summed E-state index contributed by atoms with van der Waals surface area (Å²) in [6, 6.07) is 0. The van der Waals surface area contributed by atoms with E-state index in [9.17, 15) is 0 Å². The summed E-state index contributed by atoms with van der Waals surface area (Å²) in [4.78, 5) is 0. The van der Waals surface area contributed by atoms with E-state index < -0.39 is 0 Å². The van der Waals surface area contributed by atoms with Gasteiger partial charge in [0.15, 0.2) is 0 Å². The van der Waals surface area contributed by atoms with Crippen molar-refractivity contribution in [3.63, 3.8) is 0 Å². The van der Waals surface area contributed by atoms with Gasteiger partial charge in [0.2, 0.25) is 0 Å². The standard InChI is InChI=1S/C4H7IO2/c5-4(3-7)1-2-6/h1,6-7H,2-3H2/b4-1+. The molecule has 0 saturated heterocycles. The zero-order valence-electron chi connectivity index (χ0n) is 3.76. The van der Waals surface area contributed by atoms with E-state index in [1.165, 1.54) is 0 Å².